The lowest BCUT2D eigenvalue weighted by atomic mass is 10.2. The molecule has 4 rings (SSSR count). The summed E-state index contributed by atoms with van der Waals surface area (Å²) in [4.78, 5) is 17.2. The number of nitrogens with zero attached hydrogens (tertiary/aromatic N) is 2. The van der Waals surface area contributed by atoms with Gasteiger partial charge in [0.05, 0.1) is 23.6 Å². The van der Waals surface area contributed by atoms with Crippen molar-refractivity contribution in [3.63, 3.8) is 0 Å². The lowest BCUT2D eigenvalue weighted by molar-refractivity contribution is -0.123. The maximum Gasteiger partial charge on any atom is 0.258 e. The number of halogens is 1. The second kappa shape index (κ2) is 9.01. The molecule has 0 aliphatic heterocycles. The minimum absolute atomic E-state index is 0.0565. The summed E-state index contributed by atoms with van der Waals surface area (Å²) in [7, 11) is 0. The summed E-state index contributed by atoms with van der Waals surface area (Å²) >= 11 is 6.39. The molecule has 1 atom stereocenters. The number of fused-ring (bicyclic) bond motifs is 1. The van der Waals surface area contributed by atoms with Crippen molar-refractivity contribution in [3.05, 3.63) is 95.3 Å². The maximum atomic E-state index is 12.4. The molecule has 0 radical (unpaired) electrons. The van der Waals surface area contributed by atoms with E-state index in [2.05, 4.69) is 9.88 Å². The van der Waals surface area contributed by atoms with Crippen LogP contribution in [0.1, 0.15) is 24.4 Å². The zero-order valence-electron chi connectivity index (χ0n) is 16.6. The Kier molecular flexibility index (Phi) is 6.00. The Bertz CT molecular complexity index is 1160. The molecule has 0 unspecified atom stereocenters. The van der Waals surface area contributed by atoms with Crippen molar-refractivity contribution in [2.45, 2.75) is 19.5 Å². The number of imidazole rings is 1. The largest absolute Gasteiger partial charge is 0.484 e. The van der Waals surface area contributed by atoms with Crippen molar-refractivity contribution in [2.75, 3.05) is 6.61 Å². The van der Waals surface area contributed by atoms with Crippen LogP contribution in [0, 0.1) is 0 Å². The number of rotatable bonds is 7. The van der Waals surface area contributed by atoms with Gasteiger partial charge in [-0.25, -0.2) is 4.98 Å². The number of benzene rings is 3. The van der Waals surface area contributed by atoms with Crippen molar-refractivity contribution in [1.29, 1.82) is 0 Å². The zero-order chi connectivity index (χ0) is 20.9. The maximum absolute atomic E-state index is 12.4. The normalized spacial score (nSPS) is 11.9. The zero-order valence-corrected chi connectivity index (χ0v) is 17.3. The van der Waals surface area contributed by atoms with E-state index in [9.17, 15) is 4.79 Å². The SMILES string of the molecule is C[C@H](NC(=O)COc1ccccc1)c1nc2ccccc2n1Cc1ccccc1Cl. The Morgan fingerprint density at radius 1 is 1.03 bits per heavy atom. The van der Waals surface area contributed by atoms with Crippen molar-refractivity contribution in [1.82, 2.24) is 14.9 Å². The van der Waals surface area contributed by atoms with Crippen LogP contribution in [0.25, 0.3) is 11.0 Å². The first-order chi connectivity index (χ1) is 14.6. The van der Waals surface area contributed by atoms with Crippen LogP contribution in [-0.4, -0.2) is 22.1 Å². The second-order valence-corrected chi connectivity index (χ2v) is 7.43. The minimum Gasteiger partial charge on any atom is -0.484 e. The molecule has 0 fully saturated rings. The minimum atomic E-state index is -0.299. The summed E-state index contributed by atoms with van der Waals surface area (Å²) in [5.74, 6) is 1.22. The van der Waals surface area contributed by atoms with Crippen LogP contribution in [0.5, 0.6) is 5.75 Å². The number of para-hydroxylation sites is 3. The van der Waals surface area contributed by atoms with Gasteiger partial charge in [-0.1, -0.05) is 60.1 Å². The van der Waals surface area contributed by atoms with Crippen LogP contribution >= 0.6 is 11.6 Å². The third-order valence-electron chi connectivity index (χ3n) is 4.85. The number of nitrogens with one attached hydrogen (secondary N) is 1. The molecule has 30 heavy (non-hydrogen) atoms. The molecular weight excluding hydrogens is 398 g/mol. The van der Waals surface area contributed by atoms with E-state index >= 15 is 0 Å². The molecule has 0 saturated carbocycles. The fraction of sp³-hybridized carbons (Fsp3) is 0.167. The Morgan fingerprint density at radius 3 is 2.53 bits per heavy atom. The fourth-order valence-electron chi connectivity index (χ4n) is 3.40. The molecule has 5 nitrogen and oxygen atoms in total. The van der Waals surface area contributed by atoms with Gasteiger partial charge in [0.15, 0.2) is 6.61 Å². The molecule has 0 spiro atoms. The monoisotopic (exact) mass is 419 g/mol. The number of carbonyl (C=O) groups excluding carboxylic acids is 1. The van der Waals surface area contributed by atoms with Crippen LogP contribution < -0.4 is 10.1 Å². The van der Waals surface area contributed by atoms with E-state index in [0.29, 0.717) is 17.3 Å². The predicted molar refractivity (Wildman–Crippen MR) is 119 cm³/mol. The van der Waals surface area contributed by atoms with Gasteiger partial charge in [0.2, 0.25) is 0 Å². The molecule has 1 amide bonds. The second-order valence-electron chi connectivity index (χ2n) is 7.03. The van der Waals surface area contributed by atoms with Crippen LogP contribution in [-0.2, 0) is 11.3 Å². The molecule has 0 saturated heterocycles. The summed E-state index contributed by atoms with van der Waals surface area (Å²) in [6, 6.07) is 24.7. The van der Waals surface area contributed by atoms with Crippen molar-refractivity contribution >= 4 is 28.5 Å². The highest BCUT2D eigenvalue weighted by atomic mass is 35.5. The third-order valence-corrected chi connectivity index (χ3v) is 5.22. The number of amides is 1. The van der Waals surface area contributed by atoms with Gasteiger partial charge in [0, 0.05) is 5.02 Å². The average Bonchev–Trinajstić information content (AvgIpc) is 3.13. The summed E-state index contributed by atoms with van der Waals surface area (Å²) in [5, 5.41) is 3.69. The highest BCUT2D eigenvalue weighted by Crippen LogP contribution is 2.24. The molecule has 0 aliphatic carbocycles. The van der Waals surface area contributed by atoms with Gasteiger partial charge in [0.25, 0.3) is 5.91 Å². The smallest absolute Gasteiger partial charge is 0.258 e. The molecule has 152 valence electrons. The standard InChI is InChI=1S/C24H22ClN3O2/c1-17(26-23(29)16-30-19-10-3-2-4-11-19)24-27-21-13-7-8-14-22(21)28(24)15-18-9-5-6-12-20(18)25/h2-14,17H,15-16H2,1H3,(H,26,29)/t17-/m0/s1. The Hall–Kier alpha value is -3.31. The van der Waals surface area contributed by atoms with Crippen molar-refractivity contribution in [3.8, 4) is 5.75 Å². The average molecular weight is 420 g/mol. The fourth-order valence-corrected chi connectivity index (χ4v) is 3.60. The van der Waals surface area contributed by atoms with Gasteiger partial charge < -0.3 is 14.6 Å². The Morgan fingerprint density at radius 2 is 1.73 bits per heavy atom. The highest BCUT2D eigenvalue weighted by molar-refractivity contribution is 6.31. The van der Waals surface area contributed by atoms with Crippen molar-refractivity contribution in [2.24, 2.45) is 0 Å². The molecule has 4 aromatic rings. The molecule has 6 heteroatoms. The number of carbonyl (C=O) groups is 1. The lowest BCUT2D eigenvalue weighted by Gasteiger charge is -2.17. The van der Waals surface area contributed by atoms with E-state index in [1.54, 1.807) is 0 Å². The first-order valence-corrected chi connectivity index (χ1v) is 10.2. The number of ether oxygens (including phenoxy) is 1. The molecule has 1 heterocycles. The molecule has 0 bridgehead atoms. The number of hydrogen-bond donors (Lipinski definition) is 1. The topological polar surface area (TPSA) is 56.1 Å². The molecule has 1 N–H and O–H groups in total. The molecule has 3 aromatic carbocycles. The van der Waals surface area contributed by atoms with E-state index in [-0.39, 0.29) is 18.6 Å². The molecule has 1 aromatic heterocycles. The number of hydrogen-bond acceptors (Lipinski definition) is 3. The van der Waals surface area contributed by atoms with Crippen LogP contribution in [0.3, 0.4) is 0 Å². The van der Waals surface area contributed by atoms with Crippen LogP contribution in [0.2, 0.25) is 5.02 Å². The van der Waals surface area contributed by atoms with E-state index < -0.39 is 0 Å². The van der Waals surface area contributed by atoms with Crippen molar-refractivity contribution < 1.29 is 9.53 Å². The first kappa shape index (κ1) is 20.0. The predicted octanol–water partition coefficient (Wildman–Crippen LogP) is 4.99. The quantitative estimate of drug-likeness (QED) is 0.459. The van der Waals surface area contributed by atoms with E-state index in [0.717, 1.165) is 22.4 Å². The highest BCUT2D eigenvalue weighted by Gasteiger charge is 2.19. The summed E-state index contributed by atoms with van der Waals surface area (Å²) < 4.78 is 7.65. The van der Waals surface area contributed by atoms with Crippen LogP contribution in [0.15, 0.2) is 78.9 Å². The van der Waals surface area contributed by atoms with Gasteiger partial charge in [-0.05, 0) is 42.8 Å². The third kappa shape index (κ3) is 4.47. The van der Waals surface area contributed by atoms with Gasteiger partial charge in [-0.2, -0.15) is 0 Å². The van der Waals surface area contributed by atoms with E-state index in [1.165, 1.54) is 0 Å². The van der Waals surface area contributed by atoms with Gasteiger partial charge in [-0.3, -0.25) is 4.79 Å². The Labute approximate surface area is 180 Å². The molecule has 0 aliphatic rings. The van der Waals surface area contributed by atoms with E-state index in [1.807, 2.05) is 85.8 Å². The van der Waals surface area contributed by atoms with Gasteiger partial charge in [0.1, 0.15) is 11.6 Å². The summed E-state index contributed by atoms with van der Waals surface area (Å²) in [6.45, 7) is 2.43. The van der Waals surface area contributed by atoms with Crippen LogP contribution in [0.4, 0.5) is 0 Å². The molecular formula is C24H22ClN3O2. The van der Waals surface area contributed by atoms with Gasteiger partial charge >= 0.3 is 0 Å². The lowest BCUT2D eigenvalue weighted by Crippen LogP contribution is -2.32. The van der Waals surface area contributed by atoms with E-state index in [4.69, 9.17) is 21.3 Å². The number of aromatic nitrogens is 2. The Balaban J connectivity index is 1.55. The summed E-state index contributed by atoms with van der Waals surface area (Å²) in [6.07, 6.45) is 0. The first-order valence-electron chi connectivity index (χ1n) is 9.77. The van der Waals surface area contributed by atoms with Gasteiger partial charge in [-0.15, -0.1) is 0 Å². The summed E-state index contributed by atoms with van der Waals surface area (Å²) in [5.41, 5.74) is 2.87.